The number of carbonyl (C=O) groups excluding carboxylic acids is 1. The van der Waals surface area contributed by atoms with E-state index >= 15 is 0 Å². The Bertz CT molecular complexity index is 634. The van der Waals surface area contributed by atoms with Crippen molar-refractivity contribution >= 4 is 5.78 Å². The second-order valence-corrected chi connectivity index (χ2v) is 10.8. The van der Waals surface area contributed by atoms with Gasteiger partial charge in [0.1, 0.15) is 5.78 Å². The summed E-state index contributed by atoms with van der Waals surface area (Å²) in [6.45, 7) is 4.33. The maximum Gasteiger partial charge on any atom is 0.133 e. The molecule has 5 aliphatic rings. The van der Waals surface area contributed by atoms with Gasteiger partial charge in [0.2, 0.25) is 0 Å². The van der Waals surface area contributed by atoms with E-state index in [9.17, 15) is 4.79 Å². The molecule has 142 valence electrons. The average Bonchev–Trinajstić information content (AvgIpc) is 3.38. The third-order valence-electron chi connectivity index (χ3n) is 9.51. The molecule has 0 N–H and O–H groups in total. The van der Waals surface area contributed by atoms with Crippen molar-refractivity contribution in [1.82, 2.24) is 0 Å². The molecule has 26 heavy (non-hydrogen) atoms. The Morgan fingerprint density at radius 1 is 0.808 bits per heavy atom. The second-order valence-electron chi connectivity index (χ2n) is 10.8. The van der Waals surface area contributed by atoms with Crippen LogP contribution < -0.4 is 0 Å². The number of hydrogen-bond acceptors (Lipinski definition) is 1. The molecule has 1 nitrogen and oxygen atoms in total. The van der Waals surface area contributed by atoms with Crippen molar-refractivity contribution in [2.75, 3.05) is 0 Å². The molecule has 0 amide bonds. The normalized spacial score (nSPS) is 50.0. The predicted octanol–water partition coefficient (Wildman–Crippen LogP) is 5.87. The summed E-state index contributed by atoms with van der Waals surface area (Å²) in [5.74, 6) is 14.2. The lowest BCUT2D eigenvalue weighted by Crippen LogP contribution is -2.49. The number of carbonyl (C=O) groups is 1. The molecule has 0 aromatic heterocycles. The van der Waals surface area contributed by atoms with E-state index < -0.39 is 0 Å². The summed E-state index contributed by atoms with van der Waals surface area (Å²) in [7, 11) is 0. The molecule has 5 rings (SSSR count). The largest absolute Gasteiger partial charge is 0.300 e. The first-order chi connectivity index (χ1) is 12.6. The van der Waals surface area contributed by atoms with Crippen LogP contribution in [-0.2, 0) is 4.79 Å². The second kappa shape index (κ2) is 6.39. The van der Waals surface area contributed by atoms with Crippen LogP contribution >= 0.6 is 0 Å². The van der Waals surface area contributed by atoms with Crippen molar-refractivity contribution in [3.8, 4) is 11.8 Å². The molecule has 0 aliphatic heterocycles. The lowest BCUT2D eigenvalue weighted by Gasteiger charge is -2.56. The third-order valence-corrected chi connectivity index (χ3v) is 9.51. The Morgan fingerprint density at radius 3 is 2.31 bits per heavy atom. The number of Topliss-reactive ketones (excluding diaryl/α,β-unsaturated/α-hetero) is 1. The van der Waals surface area contributed by atoms with E-state index in [1.54, 1.807) is 0 Å². The SMILES string of the molecule is CC(=O)[C@H]1CCC2C3CCC4C[C@@H](C#CC5CC5)CC[C@@H]4C3CC[C@@]21C. The first-order valence-electron chi connectivity index (χ1n) is 11.6. The Hall–Kier alpha value is -0.770. The van der Waals surface area contributed by atoms with Crippen molar-refractivity contribution in [2.45, 2.75) is 84.5 Å². The fraction of sp³-hybridized carbons (Fsp3) is 0.880. The van der Waals surface area contributed by atoms with Crippen LogP contribution in [0.2, 0.25) is 0 Å². The summed E-state index contributed by atoms with van der Waals surface area (Å²) in [5, 5.41) is 0. The molecule has 1 heteroatoms. The number of hydrogen-bond donors (Lipinski definition) is 0. The van der Waals surface area contributed by atoms with Crippen molar-refractivity contribution < 1.29 is 4.79 Å². The zero-order valence-corrected chi connectivity index (χ0v) is 16.8. The predicted molar refractivity (Wildman–Crippen MR) is 105 cm³/mol. The van der Waals surface area contributed by atoms with Gasteiger partial charge < -0.3 is 0 Å². The van der Waals surface area contributed by atoms with Gasteiger partial charge in [-0.2, -0.15) is 0 Å². The summed E-state index contributed by atoms with van der Waals surface area (Å²) in [6.07, 6.45) is 15.0. The van der Waals surface area contributed by atoms with Gasteiger partial charge in [0.05, 0.1) is 0 Å². The van der Waals surface area contributed by atoms with Crippen molar-refractivity contribution in [3.05, 3.63) is 0 Å². The molecule has 0 heterocycles. The van der Waals surface area contributed by atoms with E-state index in [1.165, 1.54) is 70.6 Å². The molecule has 0 saturated heterocycles. The molecule has 0 aromatic carbocycles. The molecule has 0 spiro atoms. The minimum absolute atomic E-state index is 0.326. The van der Waals surface area contributed by atoms with Crippen LogP contribution in [0, 0.1) is 64.6 Å². The highest BCUT2D eigenvalue weighted by atomic mass is 16.1. The van der Waals surface area contributed by atoms with E-state index in [4.69, 9.17) is 0 Å². The summed E-state index contributed by atoms with van der Waals surface area (Å²) >= 11 is 0. The number of rotatable bonds is 1. The van der Waals surface area contributed by atoms with Gasteiger partial charge in [0.15, 0.2) is 0 Å². The average molecular weight is 353 g/mol. The van der Waals surface area contributed by atoms with E-state index in [1.807, 2.05) is 6.92 Å². The lowest BCUT2D eigenvalue weighted by atomic mass is 9.49. The Balaban J connectivity index is 1.29. The van der Waals surface area contributed by atoms with Crippen molar-refractivity contribution in [3.63, 3.8) is 0 Å². The van der Waals surface area contributed by atoms with Crippen molar-refractivity contribution in [2.24, 2.45) is 52.8 Å². The molecule has 4 unspecified atom stereocenters. The van der Waals surface area contributed by atoms with Gasteiger partial charge in [-0.25, -0.2) is 0 Å². The first kappa shape index (κ1) is 17.3. The quantitative estimate of drug-likeness (QED) is 0.539. The van der Waals surface area contributed by atoms with Gasteiger partial charge in [-0.3, -0.25) is 4.79 Å². The highest BCUT2D eigenvalue weighted by Gasteiger charge is 2.57. The van der Waals surface area contributed by atoms with Crippen LogP contribution in [0.15, 0.2) is 0 Å². The monoisotopic (exact) mass is 352 g/mol. The van der Waals surface area contributed by atoms with Crippen LogP contribution in [0.5, 0.6) is 0 Å². The molecule has 0 radical (unpaired) electrons. The fourth-order valence-corrected chi connectivity index (χ4v) is 8.12. The molecule has 5 saturated carbocycles. The van der Waals surface area contributed by atoms with Crippen LogP contribution in [0.3, 0.4) is 0 Å². The van der Waals surface area contributed by atoms with E-state index in [2.05, 4.69) is 18.8 Å². The minimum atomic E-state index is 0.326. The first-order valence-corrected chi connectivity index (χ1v) is 11.6. The van der Waals surface area contributed by atoms with Crippen LogP contribution in [0.25, 0.3) is 0 Å². The zero-order chi connectivity index (χ0) is 17.9. The molecular formula is C25H36O. The molecule has 5 aliphatic carbocycles. The molecule has 8 atom stereocenters. The topological polar surface area (TPSA) is 17.1 Å². The van der Waals surface area contributed by atoms with Crippen molar-refractivity contribution in [1.29, 1.82) is 0 Å². The lowest BCUT2D eigenvalue weighted by molar-refractivity contribution is -0.128. The molecule has 5 fully saturated rings. The van der Waals surface area contributed by atoms with Gasteiger partial charge in [-0.15, -0.1) is 0 Å². The van der Waals surface area contributed by atoms with Gasteiger partial charge in [0.25, 0.3) is 0 Å². The molecular weight excluding hydrogens is 316 g/mol. The highest BCUT2D eigenvalue weighted by Crippen LogP contribution is 2.64. The van der Waals surface area contributed by atoms with Gasteiger partial charge in [-0.1, -0.05) is 18.8 Å². The summed E-state index contributed by atoms with van der Waals surface area (Å²) in [5.41, 5.74) is 0.326. The molecule has 0 aromatic rings. The van der Waals surface area contributed by atoms with Gasteiger partial charge in [0, 0.05) is 17.8 Å². The van der Waals surface area contributed by atoms with Crippen LogP contribution in [0.4, 0.5) is 0 Å². The third kappa shape index (κ3) is 2.78. The minimum Gasteiger partial charge on any atom is -0.300 e. The van der Waals surface area contributed by atoms with Crippen LogP contribution in [-0.4, -0.2) is 5.78 Å². The standard InChI is InChI=1S/C25H36O/c1-16(26)23-11-12-24-22-10-8-19-15-18(6-5-17-3-4-17)7-9-20(19)21(22)13-14-25(23,24)2/h17-24H,3-4,7-15H2,1-2H3/t18-,19?,20-,21?,22?,23+,24?,25+/m0/s1. The van der Waals surface area contributed by atoms with E-state index in [-0.39, 0.29) is 0 Å². The van der Waals surface area contributed by atoms with E-state index in [0.717, 1.165) is 35.5 Å². The van der Waals surface area contributed by atoms with Crippen LogP contribution in [0.1, 0.15) is 84.5 Å². The Labute approximate surface area is 160 Å². The maximum absolute atomic E-state index is 12.2. The summed E-state index contributed by atoms with van der Waals surface area (Å²) in [4.78, 5) is 12.2. The summed E-state index contributed by atoms with van der Waals surface area (Å²) in [6, 6.07) is 0. The Kier molecular flexibility index (Phi) is 4.26. The smallest absolute Gasteiger partial charge is 0.133 e. The number of ketones is 1. The molecule has 0 bridgehead atoms. The maximum atomic E-state index is 12.2. The van der Waals surface area contributed by atoms with E-state index in [0.29, 0.717) is 23.0 Å². The van der Waals surface area contributed by atoms with Gasteiger partial charge >= 0.3 is 0 Å². The Morgan fingerprint density at radius 2 is 1.54 bits per heavy atom. The number of fused-ring (bicyclic) bond motifs is 5. The summed E-state index contributed by atoms with van der Waals surface area (Å²) < 4.78 is 0. The van der Waals surface area contributed by atoms with Gasteiger partial charge in [-0.05, 0) is 113 Å². The zero-order valence-electron chi connectivity index (χ0n) is 16.8. The highest BCUT2D eigenvalue weighted by molar-refractivity contribution is 5.79. The fourth-order valence-electron chi connectivity index (χ4n) is 8.12.